The number of hydrogen-bond donors (Lipinski definition) is 1. The van der Waals surface area contributed by atoms with Gasteiger partial charge in [0.25, 0.3) is 0 Å². The van der Waals surface area contributed by atoms with Gasteiger partial charge >= 0.3 is 0 Å². The second kappa shape index (κ2) is 5.84. The number of morpholine rings is 1. The van der Waals surface area contributed by atoms with Crippen LogP contribution in [0.2, 0.25) is 0 Å². The van der Waals surface area contributed by atoms with Gasteiger partial charge < -0.3 is 10.1 Å². The molecule has 20 heavy (non-hydrogen) atoms. The van der Waals surface area contributed by atoms with Crippen LogP contribution >= 0.6 is 0 Å². The first-order chi connectivity index (χ1) is 9.28. The number of nitrogens with one attached hydrogen (secondary N) is 1. The van der Waals surface area contributed by atoms with Gasteiger partial charge in [0.15, 0.2) is 0 Å². The molecule has 0 aliphatic carbocycles. The lowest BCUT2D eigenvalue weighted by molar-refractivity contribution is 0.0277. The fraction of sp³-hybridized carbons (Fsp3) is 0.600. The van der Waals surface area contributed by atoms with Gasteiger partial charge in [0.1, 0.15) is 9.84 Å². The third-order valence-corrected chi connectivity index (χ3v) is 4.86. The van der Waals surface area contributed by atoms with Crippen molar-refractivity contribution in [2.45, 2.75) is 25.4 Å². The number of rotatable bonds is 4. The first-order valence-electron chi connectivity index (χ1n) is 6.88. The highest BCUT2D eigenvalue weighted by molar-refractivity contribution is 7.90. The summed E-state index contributed by atoms with van der Waals surface area (Å²) in [5.74, 6) is 0.154. The van der Waals surface area contributed by atoms with E-state index in [1.165, 1.54) is 6.26 Å². The highest BCUT2D eigenvalue weighted by atomic mass is 32.2. The zero-order valence-electron chi connectivity index (χ0n) is 12.3. The van der Waals surface area contributed by atoms with Gasteiger partial charge in [0, 0.05) is 24.8 Å². The molecule has 1 aliphatic rings. The van der Waals surface area contributed by atoms with E-state index in [0.29, 0.717) is 0 Å². The number of hydrogen-bond acceptors (Lipinski definition) is 4. The van der Waals surface area contributed by atoms with Crippen LogP contribution in [-0.4, -0.2) is 40.1 Å². The number of ether oxygens (including phenoxy) is 1. The predicted octanol–water partition coefficient (Wildman–Crippen LogP) is 1.67. The molecule has 1 unspecified atom stereocenters. The summed E-state index contributed by atoms with van der Waals surface area (Å²) in [5.41, 5.74) is 1.80. The highest BCUT2D eigenvalue weighted by Gasteiger charge is 2.26. The molecule has 2 rings (SSSR count). The largest absolute Gasteiger partial charge is 0.371 e. The minimum absolute atomic E-state index is 0.0934. The summed E-state index contributed by atoms with van der Waals surface area (Å²) in [6.45, 7) is 6.37. The van der Waals surface area contributed by atoms with Crippen LogP contribution in [0.25, 0.3) is 0 Å². The molecule has 1 heterocycles. The highest BCUT2D eigenvalue weighted by Crippen LogP contribution is 2.27. The summed E-state index contributed by atoms with van der Waals surface area (Å²) in [5, 5.41) is 3.30. The van der Waals surface area contributed by atoms with E-state index in [4.69, 9.17) is 4.74 Å². The van der Waals surface area contributed by atoms with E-state index < -0.39 is 9.84 Å². The Morgan fingerprint density at radius 3 is 2.45 bits per heavy atom. The summed E-state index contributed by atoms with van der Waals surface area (Å²) < 4.78 is 28.7. The van der Waals surface area contributed by atoms with E-state index in [1.807, 2.05) is 38.1 Å². The van der Waals surface area contributed by atoms with Crippen molar-refractivity contribution in [3.63, 3.8) is 0 Å². The molecule has 0 radical (unpaired) electrons. The first-order valence-corrected chi connectivity index (χ1v) is 8.94. The van der Waals surface area contributed by atoms with Gasteiger partial charge in [-0.05, 0) is 11.1 Å². The molecule has 1 fully saturated rings. The third kappa shape index (κ3) is 4.04. The molecule has 0 amide bonds. The maximum Gasteiger partial charge on any atom is 0.148 e. The predicted molar refractivity (Wildman–Crippen MR) is 80.7 cm³/mol. The van der Waals surface area contributed by atoms with Gasteiger partial charge in [-0.3, -0.25) is 0 Å². The minimum Gasteiger partial charge on any atom is -0.371 e. The fourth-order valence-corrected chi connectivity index (χ4v) is 4.14. The number of sulfone groups is 1. The monoisotopic (exact) mass is 297 g/mol. The van der Waals surface area contributed by atoms with E-state index in [0.717, 1.165) is 30.8 Å². The van der Waals surface area contributed by atoms with Crippen molar-refractivity contribution in [2.75, 3.05) is 31.7 Å². The number of benzene rings is 1. The lowest BCUT2D eigenvalue weighted by atomic mass is 9.86. The van der Waals surface area contributed by atoms with Crippen LogP contribution in [0.4, 0.5) is 0 Å². The Hall–Kier alpha value is -0.910. The minimum atomic E-state index is -3.00. The summed E-state index contributed by atoms with van der Waals surface area (Å²) in [6.07, 6.45) is 1.38. The van der Waals surface area contributed by atoms with E-state index in [9.17, 15) is 8.42 Å². The fourth-order valence-electron chi connectivity index (χ4n) is 2.67. The average molecular weight is 297 g/mol. The molecule has 0 saturated carbocycles. The van der Waals surface area contributed by atoms with Crippen molar-refractivity contribution in [3.05, 3.63) is 35.4 Å². The van der Waals surface area contributed by atoms with Crippen LogP contribution in [0, 0.1) is 0 Å². The molecule has 1 atom stereocenters. The molecule has 4 nitrogen and oxygen atoms in total. The molecule has 1 aliphatic heterocycles. The summed E-state index contributed by atoms with van der Waals surface area (Å²) in [7, 11) is -3.00. The molecule has 5 heteroatoms. The van der Waals surface area contributed by atoms with Crippen molar-refractivity contribution in [2.24, 2.45) is 0 Å². The lowest BCUT2D eigenvalue weighted by Crippen LogP contribution is -2.33. The maximum atomic E-state index is 11.5. The quantitative estimate of drug-likeness (QED) is 0.918. The van der Waals surface area contributed by atoms with Gasteiger partial charge in [-0.2, -0.15) is 0 Å². The second-order valence-electron chi connectivity index (χ2n) is 6.14. The molecule has 0 aromatic heterocycles. The lowest BCUT2D eigenvalue weighted by Gasteiger charge is -2.27. The first kappa shape index (κ1) is 15.5. The van der Waals surface area contributed by atoms with E-state index in [2.05, 4.69) is 5.32 Å². The second-order valence-corrected chi connectivity index (χ2v) is 8.28. The molecule has 1 saturated heterocycles. The van der Waals surface area contributed by atoms with Gasteiger partial charge in [-0.15, -0.1) is 0 Å². The van der Waals surface area contributed by atoms with Crippen molar-refractivity contribution >= 4 is 9.84 Å². The van der Waals surface area contributed by atoms with Crippen LogP contribution < -0.4 is 5.32 Å². The third-order valence-electron chi connectivity index (χ3n) is 3.61. The summed E-state index contributed by atoms with van der Waals surface area (Å²) >= 11 is 0. The Morgan fingerprint density at radius 1 is 1.30 bits per heavy atom. The Bertz CT molecular complexity index is 543. The van der Waals surface area contributed by atoms with Crippen molar-refractivity contribution in [1.29, 1.82) is 0 Å². The van der Waals surface area contributed by atoms with Crippen LogP contribution in [-0.2, 0) is 20.0 Å². The molecular weight excluding hydrogens is 274 g/mol. The summed E-state index contributed by atoms with van der Waals surface area (Å²) in [6, 6.07) is 8.10. The molecule has 1 aromatic rings. The van der Waals surface area contributed by atoms with Crippen LogP contribution in [0.15, 0.2) is 24.3 Å². The van der Waals surface area contributed by atoms with E-state index in [1.54, 1.807) is 0 Å². The van der Waals surface area contributed by atoms with Gasteiger partial charge in [-0.25, -0.2) is 8.42 Å². The molecule has 0 bridgehead atoms. The maximum absolute atomic E-state index is 11.5. The van der Waals surface area contributed by atoms with E-state index in [-0.39, 0.29) is 17.3 Å². The Kier molecular flexibility index (Phi) is 4.52. The Balaban J connectivity index is 2.14. The topological polar surface area (TPSA) is 55.4 Å². The smallest absolute Gasteiger partial charge is 0.148 e. The zero-order valence-corrected chi connectivity index (χ0v) is 13.2. The van der Waals surface area contributed by atoms with Crippen molar-refractivity contribution in [3.8, 4) is 0 Å². The standard InChI is InChI=1S/C15H23NO3S/c1-15(2,11-20(3,17)18)13-6-4-12(5-7-13)14-10-16-8-9-19-14/h4-7,14,16H,8-11H2,1-3H3. The van der Waals surface area contributed by atoms with E-state index >= 15 is 0 Å². The molecule has 1 aromatic carbocycles. The van der Waals surface area contributed by atoms with Crippen LogP contribution in [0.1, 0.15) is 31.1 Å². The molecular formula is C15H23NO3S. The van der Waals surface area contributed by atoms with Gasteiger partial charge in [-0.1, -0.05) is 38.1 Å². The van der Waals surface area contributed by atoms with Crippen molar-refractivity contribution < 1.29 is 13.2 Å². The normalized spacial score (nSPS) is 20.9. The Morgan fingerprint density at radius 2 is 1.95 bits per heavy atom. The molecule has 0 spiro atoms. The Labute approximate surface area is 121 Å². The molecule has 112 valence electrons. The van der Waals surface area contributed by atoms with Gasteiger partial charge in [0.2, 0.25) is 0 Å². The van der Waals surface area contributed by atoms with Crippen LogP contribution in [0.3, 0.4) is 0 Å². The van der Waals surface area contributed by atoms with Gasteiger partial charge in [0.05, 0.1) is 18.5 Å². The van der Waals surface area contributed by atoms with Crippen molar-refractivity contribution in [1.82, 2.24) is 5.32 Å². The SMILES string of the molecule is CC(C)(CS(C)(=O)=O)c1ccc(C2CNCCO2)cc1. The zero-order chi connectivity index (χ0) is 14.8. The van der Waals surface area contributed by atoms with Crippen LogP contribution in [0.5, 0.6) is 0 Å². The molecule has 1 N–H and O–H groups in total. The summed E-state index contributed by atoms with van der Waals surface area (Å²) in [4.78, 5) is 0. The average Bonchev–Trinajstić information content (AvgIpc) is 2.37.